The van der Waals surface area contributed by atoms with Crippen LogP contribution in [0.4, 0.5) is 5.69 Å². The standard InChI is InChI=1S/C16H17NO6/c1-21-13-7-5-11(9-15(13)23-3)16(18)10-4-6-12(17(19)20)14(8-10)22-2/h4-9,16,18H,1-3H3/t16-/m0/s1. The number of aliphatic hydroxyl groups excluding tert-OH is 1. The highest BCUT2D eigenvalue weighted by molar-refractivity contribution is 5.51. The SMILES string of the molecule is COc1ccc([C@@H](O)c2ccc([N+](=O)[O-])c(OC)c2)cc1OC. The van der Waals surface area contributed by atoms with Gasteiger partial charge >= 0.3 is 5.69 Å². The Balaban J connectivity index is 2.40. The molecule has 122 valence electrons. The maximum Gasteiger partial charge on any atom is 0.310 e. The van der Waals surface area contributed by atoms with E-state index in [1.165, 1.54) is 39.5 Å². The Hall–Kier alpha value is -2.80. The van der Waals surface area contributed by atoms with Gasteiger partial charge in [-0.25, -0.2) is 0 Å². The molecule has 2 rings (SSSR count). The first-order chi connectivity index (χ1) is 11.0. The molecule has 0 bridgehead atoms. The van der Waals surface area contributed by atoms with E-state index in [1.54, 1.807) is 18.2 Å². The number of nitro groups is 1. The van der Waals surface area contributed by atoms with Crippen LogP contribution in [-0.4, -0.2) is 31.4 Å². The van der Waals surface area contributed by atoms with Crippen LogP contribution in [0.3, 0.4) is 0 Å². The van der Waals surface area contributed by atoms with Crippen LogP contribution in [0.15, 0.2) is 36.4 Å². The molecule has 0 aliphatic carbocycles. The van der Waals surface area contributed by atoms with Crippen molar-refractivity contribution < 1.29 is 24.2 Å². The van der Waals surface area contributed by atoms with Crippen molar-refractivity contribution in [3.05, 3.63) is 57.6 Å². The largest absolute Gasteiger partial charge is 0.493 e. The molecule has 1 N–H and O–H groups in total. The molecule has 0 fully saturated rings. The second-order valence-electron chi connectivity index (χ2n) is 4.71. The molecule has 0 saturated carbocycles. The molecule has 0 radical (unpaired) electrons. The first kappa shape index (κ1) is 16.6. The van der Waals surface area contributed by atoms with Crippen molar-refractivity contribution in [2.45, 2.75) is 6.10 Å². The highest BCUT2D eigenvalue weighted by Gasteiger charge is 2.19. The van der Waals surface area contributed by atoms with Gasteiger partial charge in [0.1, 0.15) is 6.10 Å². The molecule has 0 unspecified atom stereocenters. The smallest absolute Gasteiger partial charge is 0.310 e. The summed E-state index contributed by atoms with van der Waals surface area (Å²) in [5, 5.41) is 21.4. The van der Waals surface area contributed by atoms with Crippen LogP contribution in [0.2, 0.25) is 0 Å². The van der Waals surface area contributed by atoms with Crippen molar-refractivity contribution in [3.63, 3.8) is 0 Å². The third kappa shape index (κ3) is 3.35. The molecule has 0 aliphatic rings. The highest BCUT2D eigenvalue weighted by Crippen LogP contribution is 2.35. The first-order valence-electron chi connectivity index (χ1n) is 6.74. The van der Waals surface area contributed by atoms with E-state index in [-0.39, 0.29) is 11.4 Å². The number of hydrogen-bond donors (Lipinski definition) is 1. The Morgan fingerprint density at radius 3 is 1.96 bits per heavy atom. The van der Waals surface area contributed by atoms with Gasteiger partial charge in [0.15, 0.2) is 17.2 Å². The van der Waals surface area contributed by atoms with Gasteiger partial charge in [-0.15, -0.1) is 0 Å². The summed E-state index contributed by atoms with van der Waals surface area (Å²) in [5.74, 6) is 1.12. The average Bonchev–Trinajstić information content (AvgIpc) is 2.59. The molecule has 2 aromatic rings. The fraction of sp³-hybridized carbons (Fsp3) is 0.250. The zero-order valence-corrected chi connectivity index (χ0v) is 13.0. The lowest BCUT2D eigenvalue weighted by Gasteiger charge is -2.15. The molecule has 0 heterocycles. The molecule has 7 nitrogen and oxygen atoms in total. The van der Waals surface area contributed by atoms with Crippen molar-refractivity contribution in [2.75, 3.05) is 21.3 Å². The van der Waals surface area contributed by atoms with Gasteiger partial charge in [-0.05, 0) is 35.4 Å². The van der Waals surface area contributed by atoms with Gasteiger partial charge in [-0.3, -0.25) is 10.1 Å². The second kappa shape index (κ2) is 6.97. The predicted molar refractivity (Wildman–Crippen MR) is 83.3 cm³/mol. The minimum absolute atomic E-state index is 0.0898. The van der Waals surface area contributed by atoms with Gasteiger partial charge in [0.25, 0.3) is 0 Å². The molecular formula is C16H17NO6. The summed E-state index contributed by atoms with van der Waals surface area (Å²) < 4.78 is 15.4. The number of methoxy groups -OCH3 is 3. The fourth-order valence-corrected chi connectivity index (χ4v) is 2.23. The Morgan fingerprint density at radius 1 is 0.913 bits per heavy atom. The molecule has 0 saturated heterocycles. The van der Waals surface area contributed by atoms with Crippen LogP contribution < -0.4 is 14.2 Å². The topological polar surface area (TPSA) is 91.1 Å². The second-order valence-corrected chi connectivity index (χ2v) is 4.71. The summed E-state index contributed by atoms with van der Waals surface area (Å²) >= 11 is 0. The molecule has 2 aromatic carbocycles. The summed E-state index contributed by atoms with van der Waals surface area (Å²) in [6.07, 6.45) is -0.982. The summed E-state index contributed by atoms with van der Waals surface area (Å²) in [5.41, 5.74) is 0.883. The van der Waals surface area contributed by atoms with Crippen LogP contribution in [0.25, 0.3) is 0 Å². The van der Waals surface area contributed by atoms with Gasteiger partial charge in [0.05, 0.1) is 26.3 Å². The number of nitro benzene ring substituents is 1. The number of aliphatic hydroxyl groups is 1. The van der Waals surface area contributed by atoms with E-state index in [2.05, 4.69) is 0 Å². The van der Waals surface area contributed by atoms with Crippen molar-refractivity contribution in [3.8, 4) is 17.2 Å². The molecular weight excluding hydrogens is 302 g/mol. The van der Waals surface area contributed by atoms with E-state index in [4.69, 9.17) is 14.2 Å². The van der Waals surface area contributed by atoms with Gasteiger partial charge in [0, 0.05) is 6.07 Å². The van der Waals surface area contributed by atoms with Crippen LogP contribution in [0.1, 0.15) is 17.2 Å². The van der Waals surface area contributed by atoms with Crippen molar-refractivity contribution in [1.82, 2.24) is 0 Å². The molecule has 23 heavy (non-hydrogen) atoms. The van der Waals surface area contributed by atoms with Gasteiger partial charge in [-0.1, -0.05) is 6.07 Å². The minimum Gasteiger partial charge on any atom is -0.493 e. The molecule has 0 aromatic heterocycles. The lowest BCUT2D eigenvalue weighted by molar-refractivity contribution is -0.385. The minimum atomic E-state index is -0.982. The average molecular weight is 319 g/mol. The van der Waals surface area contributed by atoms with Crippen LogP contribution in [0.5, 0.6) is 17.2 Å². The summed E-state index contributed by atoms with van der Waals surface area (Å²) in [7, 11) is 4.37. The first-order valence-corrected chi connectivity index (χ1v) is 6.74. The zero-order valence-electron chi connectivity index (χ0n) is 13.0. The fourth-order valence-electron chi connectivity index (χ4n) is 2.23. The number of rotatable bonds is 6. The van der Waals surface area contributed by atoms with Crippen molar-refractivity contribution in [2.24, 2.45) is 0 Å². The van der Waals surface area contributed by atoms with Crippen LogP contribution >= 0.6 is 0 Å². The van der Waals surface area contributed by atoms with E-state index in [1.807, 2.05) is 0 Å². The van der Waals surface area contributed by atoms with Gasteiger partial charge < -0.3 is 19.3 Å². The molecule has 0 amide bonds. The quantitative estimate of drug-likeness (QED) is 0.650. The monoisotopic (exact) mass is 319 g/mol. The van der Waals surface area contributed by atoms with E-state index >= 15 is 0 Å². The van der Waals surface area contributed by atoms with E-state index in [0.717, 1.165) is 0 Å². The van der Waals surface area contributed by atoms with Crippen molar-refractivity contribution in [1.29, 1.82) is 0 Å². The Morgan fingerprint density at radius 2 is 1.43 bits per heavy atom. The normalized spacial score (nSPS) is 11.7. The molecule has 1 atom stereocenters. The molecule has 0 spiro atoms. The maximum absolute atomic E-state index is 10.9. The number of ether oxygens (including phenoxy) is 3. The van der Waals surface area contributed by atoms with Crippen LogP contribution in [0, 0.1) is 10.1 Å². The number of nitrogens with zero attached hydrogens (tertiary/aromatic N) is 1. The molecule has 0 aliphatic heterocycles. The summed E-state index contributed by atoms with van der Waals surface area (Å²) in [4.78, 5) is 10.4. The Kier molecular flexibility index (Phi) is 5.02. The van der Waals surface area contributed by atoms with E-state index < -0.39 is 11.0 Å². The van der Waals surface area contributed by atoms with E-state index in [0.29, 0.717) is 22.6 Å². The lowest BCUT2D eigenvalue weighted by atomic mass is 10.0. The van der Waals surface area contributed by atoms with E-state index in [9.17, 15) is 15.2 Å². The van der Waals surface area contributed by atoms with Crippen molar-refractivity contribution >= 4 is 5.69 Å². The molecule has 7 heteroatoms. The Labute approximate surface area is 133 Å². The zero-order chi connectivity index (χ0) is 17.0. The number of hydrogen-bond acceptors (Lipinski definition) is 6. The number of benzene rings is 2. The Bertz CT molecular complexity index is 716. The van der Waals surface area contributed by atoms with Gasteiger partial charge in [0.2, 0.25) is 0 Å². The highest BCUT2D eigenvalue weighted by atomic mass is 16.6. The summed E-state index contributed by atoms with van der Waals surface area (Å²) in [6, 6.07) is 9.26. The lowest BCUT2D eigenvalue weighted by Crippen LogP contribution is -2.02. The third-order valence-corrected chi connectivity index (χ3v) is 3.44. The predicted octanol–water partition coefficient (Wildman–Crippen LogP) is 2.70. The summed E-state index contributed by atoms with van der Waals surface area (Å²) in [6.45, 7) is 0. The third-order valence-electron chi connectivity index (χ3n) is 3.44. The maximum atomic E-state index is 10.9. The van der Waals surface area contributed by atoms with Crippen LogP contribution in [-0.2, 0) is 0 Å². The van der Waals surface area contributed by atoms with Gasteiger partial charge in [-0.2, -0.15) is 0 Å².